The van der Waals surface area contributed by atoms with Crippen LogP contribution >= 0.6 is 0 Å². The molecule has 3 aliphatic rings. The van der Waals surface area contributed by atoms with Gasteiger partial charge in [0, 0.05) is 5.57 Å². The number of phenolic OH excluding ortho intramolecular Hbond substituents is 1. The van der Waals surface area contributed by atoms with Crippen LogP contribution in [0.2, 0.25) is 0 Å². The molecule has 0 aliphatic heterocycles. The monoisotopic (exact) mass is 560 g/mol. The van der Waals surface area contributed by atoms with Crippen molar-refractivity contribution in [3.63, 3.8) is 0 Å². The van der Waals surface area contributed by atoms with Gasteiger partial charge in [0.2, 0.25) is 0 Å². The zero-order valence-electron chi connectivity index (χ0n) is 23.2. The molecule has 0 heterocycles. The minimum Gasteiger partial charge on any atom is -0.511 e. The smallest absolute Gasteiger partial charge is 0.338 e. The third-order valence-corrected chi connectivity index (χ3v) is 8.20. The average Bonchev–Trinajstić information content (AvgIpc) is 2.87. The summed E-state index contributed by atoms with van der Waals surface area (Å²) in [5, 5.41) is 33.1. The lowest BCUT2D eigenvalue weighted by Crippen LogP contribution is -2.53. The quantitative estimate of drug-likeness (QED) is 0.317. The van der Waals surface area contributed by atoms with E-state index in [1.807, 2.05) is 0 Å². The molecule has 1 unspecified atom stereocenters. The summed E-state index contributed by atoms with van der Waals surface area (Å²) in [5.41, 5.74) is 7.01. The maximum Gasteiger partial charge on any atom is 0.338 e. The van der Waals surface area contributed by atoms with E-state index in [1.165, 1.54) is 6.07 Å². The SMILES string of the molecule is CC(C)OC(=O)c1cccc(-c2ccc(O)c3c2C[C@H]2C[C@@H]4C(C(=O)C(C(N)=O)=C(O)[C@H]4N(C)C)C(O)=C2C3=O)c1. The Morgan fingerprint density at radius 1 is 1.05 bits per heavy atom. The first-order valence-electron chi connectivity index (χ1n) is 13.4. The van der Waals surface area contributed by atoms with E-state index in [-0.39, 0.29) is 35.8 Å². The van der Waals surface area contributed by atoms with Gasteiger partial charge in [0.25, 0.3) is 5.91 Å². The number of esters is 1. The fourth-order valence-electron chi connectivity index (χ4n) is 6.63. The predicted molar refractivity (Wildman–Crippen MR) is 148 cm³/mol. The van der Waals surface area contributed by atoms with Crippen LogP contribution in [0.25, 0.3) is 11.1 Å². The van der Waals surface area contributed by atoms with Crippen molar-refractivity contribution >= 4 is 23.4 Å². The van der Waals surface area contributed by atoms with Crippen molar-refractivity contribution in [2.24, 2.45) is 23.5 Å². The summed E-state index contributed by atoms with van der Waals surface area (Å²) in [4.78, 5) is 53.6. The van der Waals surface area contributed by atoms with E-state index >= 15 is 0 Å². The Balaban J connectivity index is 1.63. The zero-order chi connectivity index (χ0) is 29.9. The molecule has 0 radical (unpaired) electrons. The maximum atomic E-state index is 13.9. The lowest BCUT2D eigenvalue weighted by atomic mass is 9.60. The Hall–Kier alpha value is -4.44. The summed E-state index contributed by atoms with van der Waals surface area (Å²) in [7, 11) is 3.36. The van der Waals surface area contributed by atoms with Crippen molar-refractivity contribution in [3.05, 3.63) is 75.8 Å². The number of aromatic hydroxyl groups is 1. The molecule has 0 saturated carbocycles. The number of aliphatic hydroxyl groups excluding tert-OH is 2. The number of allylic oxidation sites excluding steroid dienone is 2. The van der Waals surface area contributed by atoms with Gasteiger partial charge in [-0.2, -0.15) is 0 Å². The normalized spacial score (nSPS) is 23.9. The first kappa shape index (κ1) is 28.1. The summed E-state index contributed by atoms with van der Waals surface area (Å²) < 4.78 is 5.33. The number of nitrogens with zero attached hydrogens (tertiary/aromatic N) is 1. The molecule has 10 heteroatoms. The molecular weight excluding hydrogens is 528 g/mol. The molecule has 10 nitrogen and oxygen atoms in total. The number of phenols is 1. The third kappa shape index (κ3) is 4.48. The van der Waals surface area contributed by atoms with Crippen LogP contribution in [0.4, 0.5) is 0 Å². The van der Waals surface area contributed by atoms with Gasteiger partial charge >= 0.3 is 5.97 Å². The molecule has 2 aromatic rings. The minimum absolute atomic E-state index is 0.00911. The number of ketones is 2. The Morgan fingerprint density at radius 2 is 1.76 bits per heavy atom. The van der Waals surface area contributed by atoms with E-state index in [1.54, 1.807) is 63.2 Å². The molecule has 1 amide bonds. The molecule has 0 aromatic heterocycles. The number of fused-ring (bicyclic) bond motifs is 3. The Labute approximate surface area is 236 Å². The van der Waals surface area contributed by atoms with Gasteiger partial charge in [-0.3, -0.25) is 19.3 Å². The molecule has 0 fully saturated rings. The van der Waals surface area contributed by atoms with Crippen molar-refractivity contribution in [2.75, 3.05) is 14.1 Å². The number of carbonyl (C=O) groups is 4. The van der Waals surface area contributed by atoms with Crippen LogP contribution in [0.1, 0.15) is 46.5 Å². The van der Waals surface area contributed by atoms with Gasteiger partial charge < -0.3 is 25.8 Å². The van der Waals surface area contributed by atoms with E-state index in [4.69, 9.17) is 10.5 Å². The van der Waals surface area contributed by atoms with Crippen LogP contribution in [-0.2, 0) is 20.7 Å². The van der Waals surface area contributed by atoms with Crippen molar-refractivity contribution in [1.82, 2.24) is 4.90 Å². The van der Waals surface area contributed by atoms with Crippen LogP contribution in [0.5, 0.6) is 5.75 Å². The number of hydrogen-bond acceptors (Lipinski definition) is 9. The molecule has 41 heavy (non-hydrogen) atoms. The first-order chi connectivity index (χ1) is 19.3. The van der Waals surface area contributed by atoms with Gasteiger partial charge in [0.05, 0.1) is 29.2 Å². The second-order valence-electron chi connectivity index (χ2n) is 11.3. The highest BCUT2D eigenvalue weighted by Gasteiger charge is 2.54. The van der Waals surface area contributed by atoms with Crippen molar-refractivity contribution in [1.29, 1.82) is 0 Å². The fourth-order valence-corrected chi connectivity index (χ4v) is 6.63. The summed E-state index contributed by atoms with van der Waals surface area (Å²) in [5.74, 6) is -6.66. The number of hydrogen-bond donors (Lipinski definition) is 4. The number of primary amides is 1. The van der Waals surface area contributed by atoms with Crippen LogP contribution < -0.4 is 5.73 Å². The second kappa shape index (κ2) is 10.2. The number of aliphatic hydroxyl groups is 2. The van der Waals surface area contributed by atoms with Crippen molar-refractivity contribution in [2.45, 2.75) is 38.8 Å². The molecule has 3 aliphatic carbocycles. The zero-order valence-corrected chi connectivity index (χ0v) is 23.2. The van der Waals surface area contributed by atoms with Crippen LogP contribution in [0, 0.1) is 17.8 Å². The predicted octanol–water partition coefficient (Wildman–Crippen LogP) is 3.24. The van der Waals surface area contributed by atoms with Crippen LogP contribution in [0.15, 0.2) is 59.1 Å². The van der Waals surface area contributed by atoms with E-state index < -0.39 is 64.3 Å². The van der Waals surface area contributed by atoms with E-state index in [9.17, 15) is 34.5 Å². The molecule has 5 N–H and O–H groups in total. The Kier molecular flexibility index (Phi) is 6.98. The lowest BCUT2D eigenvalue weighted by Gasteiger charge is -2.46. The van der Waals surface area contributed by atoms with E-state index in [0.29, 0.717) is 22.3 Å². The van der Waals surface area contributed by atoms with E-state index in [2.05, 4.69) is 0 Å². The molecular formula is C31H32N2O8. The highest BCUT2D eigenvalue weighted by Crippen LogP contribution is 2.51. The summed E-state index contributed by atoms with van der Waals surface area (Å²) >= 11 is 0. The summed E-state index contributed by atoms with van der Waals surface area (Å²) in [6, 6.07) is 9.06. The number of ether oxygens (including phenoxy) is 1. The van der Waals surface area contributed by atoms with Crippen molar-refractivity contribution in [3.8, 4) is 16.9 Å². The van der Waals surface area contributed by atoms with Gasteiger partial charge in [-0.25, -0.2) is 4.79 Å². The minimum atomic E-state index is -1.24. The molecule has 2 aromatic carbocycles. The number of Topliss-reactive ketones (excluding diaryl/α,β-unsaturated/α-hetero) is 2. The van der Waals surface area contributed by atoms with E-state index in [0.717, 1.165) is 0 Å². The Bertz CT molecular complexity index is 1570. The third-order valence-electron chi connectivity index (χ3n) is 8.20. The van der Waals surface area contributed by atoms with Gasteiger partial charge in [0.1, 0.15) is 22.8 Å². The average molecular weight is 561 g/mol. The Morgan fingerprint density at radius 3 is 2.39 bits per heavy atom. The topological polar surface area (TPSA) is 167 Å². The molecule has 4 atom stereocenters. The van der Waals surface area contributed by atoms with Crippen molar-refractivity contribution < 1.29 is 39.2 Å². The van der Waals surface area contributed by atoms with Gasteiger partial charge in [0.15, 0.2) is 11.6 Å². The maximum absolute atomic E-state index is 13.9. The van der Waals surface area contributed by atoms with Gasteiger partial charge in [-0.15, -0.1) is 0 Å². The molecule has 0 saturated heterocycles. The number of rotatable bonds is 5. The number of amides is 1. The lowest BCUT2D eigenvalue weighted by molar-refractivity contribution is -0.127. The molecule has 0 spiro atoms. The van der Waals surface area contributed by atoms with Crippen LogP contribution in [-0.4, -0.2) is 69.9 Å². The summed E-state index contributed by atoms with van der Waals surface area (Å²) in [6.45, 7) is 3.51. The van der Waals surface area contributed by atoms with Gasteiger partial charge in [-0.05, 0) is 87.5 Å². The highest BCUT2D eigenvalue weighted by atomic mass is 16.5. The second-order valence-corrected chi connectivity index (χ2v) is 11.3. The molecule has 5 rings (SSSR count). The largest absolute Gasteiger partial charge is 0.511 e. The number of carbonyl (C=O) groups excluding carboxylic acids is 4. The molecule has 214 valence electrons. The summed E-state index contributed by atoms with van der Waals surface area (Å²) in [6.07, 6.45) is 0.190. The fraction of sp³-hybridized carbons (Fsp3) is 0.355. The molecule has 0 bridgehead atoms. The number of benzene rings is 2. The standard InChI is InChI=1S/C31H32N2O8/c1-13(2)41-31(40)15-7-5-6-14(10-15)17-8-9-20(34)22-18(17)11-16-12-19-23(27(36)21(16)26(22)35)28(37)24(30(32)39)29(38)25(19)33(3)4/h5-10,13,16,19,23,25,34,36,38H,11-12H2,1-4H3,(H2,32,39)/t16-,19+,23?,25-/m0/s1. The number of nitrogens with two attached hydrogens (primary N) is 1. The first-order valence-corrected chi connectivity index (χ1v) is 13.4. The van der Waals surface area contributed by atoms with Crippen LogP contribution in [0.3, 0.4) is 0 Å². The number of likely N-dealkylation sites (N-methyl/N-ethyl adjacent to an activating group) is 1. The highest BCUT2D eigenvalue weighted by molar-refractivity contribution is 6.22. The van der Waals surface area contributed by atoms with Gasteiger partial charge in [-0.1, -0.05) is 18.2 Å².